The van der Waals surface area contributed by atoms with Gasteiger partial charge in [-0.15, -0.1) is 11.3 Å². The predicted molar refractivity (Wildman–Crippen MR) is 134 cm³/mol. The number of hydrogen-bond acceptors (Lipinski definition) is 6. The predicted octanol–water partition coefficient (Wildman–Crippen LogP) is 5.99. The second-order valence-corrected chi connectivity index (χ2v) is 11.6. The third-order valence-electron chi connectivity index (χ3n) is 4.94. The van der Waals surface area contributed by atoms with Crippen LogP contribution in [0.3, 0.4) is 0 Å². The zero-order valence-electron chi connectivity index (χ0n) is 18.7. The van der Waals surface area contributed by atoms with E-state index in [9.17, 15) is 8.42 Å². The van der Waals surface area contributed by atoms with E-state index < -0.39 is 26.3 Å². The molecule has 11 heteroatoms. The van der Waals surface area contributed by atoms with E-state index in [2.05, 4.69) is 19.9 Å². The van der Waals surface area contributed by atoms with Crippen molar-refractivity contribution in [3.05, 3.63) is 82.2 Å². The molecule has 0 fully saturated rings. The van der Waals surface area contributed by atoms with E-state index in [-0.39, 0.29) is 5.13 Å². The number of benzene rings is 2. The summed E-state index contributed by atoms with van der Waals surface area (Å²) in [5.74, 6) is -0.205. The lowest BCUT2D eigenvalue weighted by Gasteiger charge is -2.36. The molecule has 2 N–H and O–H groups in total. The molecule has 178 valence electrons. The summed E-state index contributed by atoms with van der Waals surface area (Å²) in [6.07, 6.45) is 2.06. The number of nitrogens with zero attached hydrogens (tertiary/aromatic N) is 3. The van der Waals surface area contributed by atoms with Gasteiger partial charge in [-0.25, -0.2) is 17.8 Å². The Morgan fingerprint density at radius 3 is 2.50 bits per heavy atom. The van der Waals surface area contributed by atoms with Crippen LogP contribution in [-0.4, -0.2) is 29.1 Å². The van der Waals surface area contributed by atoms with Gasteiger partial charge in [0.25, 0.3) is 10.0 Å². The Morgan fingerprint density at radius 1 is 1.15 bits per heavy atom. The number of rotatable bonds is 7. The normalized spacial score (nSPS) is 12.0. The zero-order chi connectivity index (χ0) is 24.5. The monoisotopic (exact) mass is 519 g/mol. The van der Waals surface area contributed by atoms with Crippen molar-refractivity contribution < 1.29 is 12.8 Å². The highest BCUT2D eigenvalue weighted by Crippen LogP contribution is 2.34. The van der Waals surface area contributed by atoms with Crippen LogP contribution in [0.5, 0.6) is 0 Å². The molecule has 0 bridgehead atoms. The molecule has 0 unspecified atom stereocenters. The third kappa shape index (κ3) is 5.40. The van der Waals surface area contributed by atoms with E-state index in [4.69, 9.17) is 11.6 Å². The summed E-state index contributed by atoms with van der Waals surface area (Å²) in [6, 6.07) is 13.5. The Bertz CT molecular complexity index is 1380. The van der Waals surface area contributed by atoms with Gasteiger partial charge in [-0.1, -0.05) is 23.7 Å². The molecule has 0 saturated carbocycles. The van der Waals surface area contributed by atoms with Gasteiger partial charge in [-0.3, -0.25) is 9.82 Å². The van der Waals surface area contributed by atoms with Gasteiger partial charge in [0.05, 0.1) is 5.69 Å². The number of hydrogen-bond donors (Lipinski definition) is 2. The van der Waals surface area contributed by atoms with Crippen LogP contribution in [0.2, 0.25) is 5.02 Å². The minimum atomic E-state index is -4.12. The second kappa shape index (κ2) is 9.36. The maximum atomic E-state index is 15.1. The molecular formula is C23H23ClFN5O2S2. The maximum absolute atomic E-state index is 15.1. The Balaban J connectivity index is 1.63. The van der Waals surface area contributed by atoms with Crippen LogP contribution in [-0.2, 0) is 16.4 Å². The largest absolute Gasteiger partial charge is 0.321 e. The summed E-state index contributed by atoms with van der Waals surface area (Å²) in [7, 11) is -4.12. The SMILES string of the molecule is CC(C)(C)N(c1ccc(S(=O)(=O)Nc2nccs2)c(F)c1)c1cc(Cc2ccc(Cl)cc2)n[nH]1. The number of thiazole rings is 1. The Hall–Kier alpha value is -2.95. The van der Waals surface area contributed by atoms with Gasteiger partial charge < -0.3 is 4.90 Å². The molecule has 0 amide bonds. The molecule has 0 radical (unpaired) electrons. The van der Waals surface area contributed by atoms with Crippen molar-refractivity contribution >= 4 is 49.6 Å². The van der Waals surface area contributed by atoms with E-state index in [1.807, 2.05) is 56.0 Å². The van der Waals surface area contributed by atoms with Crippen LogP contribution < -0.4 is 9.62 Å². The molecule has 2 aromatic heterocycles. The average molecular weight is 520 g/mol. The van der Waals surface area contributed by atoms with Crippen molar-refractivity contribution in [1.29, 1.82) is 0 Å². The molecule has 0 aliphatic rings. The second-order valence-electron chi connectivity index (χ2n) is 8.61. The Morgan fingerprint density at radius 2 is 1.88 bits per heavy atom. The van der Waals surface area contributed by atoms with Crippen LogP contribution in [0.25, 0.3) is 0 Å². The van der Waals surface area contributed by atoms with E-state index in [0.29, 0.717) is 22.9 Å². The Labute approximate surface area is 206 Å². The summed E-state index contributed by atoms with van der Waals surface area (Å²) in [4.78, 5) is 5.31. The quantitative estimate of drug-likeness (QED) is 0.313. The fourth-order valence-electron chi connectivity index (χ4n) is 3.55. The highest BCUT2D eigenvalue weighted by molar-refractivity contribution is 7.93. The molecule has 0 aliphatic heterocycles. The van der Waals surface area contributed by atoms with Crippen LogP contribution in [0.15, 0.2) is 65.0 Å². The van der Waals surface area contributed by atoms with Gasteiger partial charge >= 0.3 is 0 Å². The van der Waals surface area contributed by atoms with Crippen LogP contribution in [0.4, 0.5) is 21.0 Å². The fourth-order valence-corrected chi connectivity index (χ4v) is 5.52. The first kappa shape index (κ1) is 24.2. The van der Waals surface area contributed by atoms with E-state index in [1.54, 1.807) is 11.4 Å². The molecule has 2 heterocycles. The van der Waals surface area contributed by atoms with Crippen molar-refractivity contribution in [2.75, 3.05) is 9.62 Å². The van der Waals surface area contributed by atoms with Crippen molar-refractivity contribution in [3.63, 3.8) is 0 Å². The van der Waals surface area contributed by atoms with Gasteiger partial charge in [0.15, 0.2) is 5.13 Å². The number of sulfonamides is 1. The van der Waals surface area contributed by atoms with Crippen molar-refractivity contribution in [2.24, 2.45) is 0 Å². The minimum Gasteiger partial charge on any atom is -0.321 e. The summed E-state index contributed by atoms with van der Waals surface area (Å²) in [5.41, 5.74) is 1.88. The lowest BCUT2D eigenvalue weighted by atomic mass is 10.0. The van der Waals surface area contributed by atoms with Crippen molar-refractivity contribution in [2.45, 2.75) is 37.6 Å². The summed E-state index contributed by atoms with van der Waals surface area (Å²) in [6.45, 7) is 5.91. The number of halogens is 2. The smallest absolute Gasteiger partial charge is 0.266 e. The summed E-state index contributed by atoms with van der Waals surface area (Å²) >= 11 is 7.07. The topological polar surface area (TPSA) is 91.0 Å². The van der Waals surface area contributed by atoms with Gasteiger partial charge in [0.1, 0.15) is 16.5 Å². The number of nitrogens with one attached hydrogen (secondary N) is 2. The molecule has 7 nitrogen and oxygen atoms in total. The molecule has 0 atom stereocenters. The summed E-state index contributed by atoms with van der Waals surface area (Å²) < 4.78 is 42.6. The lowest BCUT2D eigenvalue weighted by molar-refractivity contribution is 0.548. The number of anilines is 3. The highest BCUT2D eigenvalue weighted by Gasteiger charge is 2.28. The summed E-state index contributed by atoms with van der Waals surface area (Å²) in [5, 5.41) is 9.90. The minimum absolute atomic E-state index is 0.172. The van der Waals surface area contributed by atoms with Gasteiger partial charge in [0.2, 0.25) is 0 Å². The standard InChI is InChI=1S/C23H23ClFN5O2S2/c1-23(2,3)30(21-13-17(27-28-21)12-15-4-6-16(24)7-5-15)18-8-9-20(19(25)14-18)34(31,32)29-22-26-10-11-33-22/h4-11,13-14H,12H2,1-3H3,(H,26,29)(H,27,28). The van der Waals surface area contributed by atoms with Crippen molar-refractivity contribution in [3.8, 4) is 0 Å². The fraction of sp³-hybridized carbons (Fsp3) is 0.217. The first-order valence-electron chi connectivity index (χ1n) is 10.3. The molecule has 0 spiro atoms. The van der Waals surface area contributed by atoms with Crippen LogP contribution in [0.1, 0.15) is 32.0 Å². The molecule has 4 rings (SSSR count). The molecule has 2 aromatic carbocycles. The molecule has 4 aromatic rings. The molecule has 0 aliphatic carbocycles. The number of aromatic amines is 1. The van der Waals surface area contributed by atoms with E-state index in [0.717, 1.165) is 22.6 Å². The third-order valence-corrected chi connectivity index (χ3v) is 7.39. The van der Waals surface area contributed by atoms with Crippen molar-refractivity contribution in [1.82, 2.24) is 15.2 Å². The van der Waals surface area contributed by atoms with Gasteiger partial charge in [0, 0.05) is 40.3 Å². The zero-order valence-corrected chi connectivity index (χ0v) is 21.1. The van der Waals surface area contributed by atoms with Gasteiger partial charge in [-0.2, -0.15) is 5.10 Å². The first-order valence-corrected chi connectivity index (χ1v) is 13.1. The average Bonchev–Trinajstić information content (AvgIpc) is 3.41. The first-order chi connectivity index (χ1) is 16.0. The van der Waals surface area contributed by atoms with Crippen LogP contribution in [0, 0.1) is 5.82 Å². The van der Waals surface area contributed by atoms with E-state index in [1.165, 1.54) is 18.3 Å². The van der Waals surface area contributed by atoms with Gasteiger partial charge in [-0.05, 0) is 56.7 Å². The number of aromatic nitrogens is 3. The highest BCUT2D eigenvalue weighted by atomic mass is 35.5. The lowest BCUT2D eigenvalue weighted by Crippen LogP contribution is -2.38. The molecule has 34 heavy (non-hydrogen) atoms. The van der Waals surface area contributed by atoms with E-state index >= 15 is 4.39 Å². The number of H-pyrrole nitrogens is 1. The molecular weight excluding hydrogens is 497 g/mol. The maximum Gasteiger partial charge on any atom is 0.266 e. The Kier molecular flexibility index (Phi) is 6.66. The molecule has 0 saturated heterocycles. The van der Waals surface area contributed by atoms with Crippen LogP contribution >= 0.6 is 22.9 Å².